The number of hydrogen-bond acceptors (Lipinski definition) is 3. The molecule has 0 saturated carbocycles. The summed E-state index contributed by atoms with van der Waals surface area (Å²) in [7, 11) is 0. The molecule has 80 valence electrons. The molecular weight excluding hydrogens is 194 g/mol. The molecule has 0 spiro atoms. The summed E-state index contributed by atoms with van der Waals surface area (Å²) >= 11 is 0. The van der Waals surface area contributed by atoms with Crippen LogP contribution in [0.3, 0.4) is 0 Å². The Bertz CT molecular complexity index is 339. The Morgan fingerprint density at radius 3 is 2.73 bits per heavy atom. The van der Waals surface area contributed by atoms with E-state index in [1.165, 1.54) is 0 Å². The molecule has 1 aromatic carbocycles. The van der Waals surface area contributed by atoms with Gasteiger partial charge in [0, 0.05) is 11.5 Å². The smallest absolute Gasteiger partial charge is 0.242 e. The maximum Gasteiger partial charge on any atom is 0.242 e. The van der Waals surface area contributed by atoms with E-state index in [-0.39, 0.29) is 17.4 Å². The van der Waals surface area contributed by atoms with Crippen LogP contribution < -0.4 is 0 Å². The second kappa shape index (κ2) is 4.40. The van der Waals surface area contributed by atoms with E-state index in [0.717, 1.165) is 12.0 Å². The van der Waals surface area contributed by atoms with Crippen LogP contribution in [-0.2, 0) is 4.74 Å². The fourth-order valence-electron chi connectivity index (χ4n) is 2.02. The first kappa shape index (κ1) is 10.1. The predicted molar refractivity (Wildman–Crippen MR) is 55.4 cm³/mol. The van der Waals surface area contributed by atoms with Crippen LogP contribution in [0.5, 0.6) is 0 Å². The van der Waals surface area contributed by atoms with Gasteiger partial charge in [0.05, 0.1) is 5.92 Å². The SMILES string of the molecule is O=[N+]([O-])[C@H]1COCC[C@@H]1c1ccccc1. The molecule has 2 rings (SSSR count). The van der Waals surface area contributed by atoms with Crippen LogP contribution in [-0.4, -0.2) is 24.2 Å². The van der Waals surface area contributed by atoms with Gasteiger partial charge in [-0.15, -0.1) is 0 Å². The van der Waals surface area contributed by atoms with Crippen molar-refractivity contribution in [1.29, 1.82) is 0 Å². The van der Waals surface area contributed by atoms with Gasteiger partial charge in [0.2, 0.25) is 6.04 Å². The van der Waals surface area contributed by atoms with Crippen molar-refractivity contribution in [2.75, 3.05) is 13.2 Å². The maximum absolute atomic E-state index is 10.9. The highest BCUT2D eigenvalue weighted by Gasteiger charge is 2.35. The zero-order valence-corrected chi connectivity index (χ0v) is 8.33. The fraction of sp³-hybridized carbons (Fsp3) is 0.455. The highest BCUT2D eigenvalue weighted by molar-refractivity contribution is 5.21. The van der Waals surface area contributed by atoms with Crippen molar-refractivity contribution in [3.05, 3.63) is 46.0 Å². The number of nitro groups is 1. The molecule has 4 nitrogen and oxygen atoms in total. The van der Waals surface area contributed by atoms with Gasteiger partial charge in [0.15, 0.2) is 0 Å². The molecule has 2 atom stereocenters. The van der Waals surface area contributed by atoms with Gasteiger partial charge in [-0.3, -0.25) is 10.1 Å². The molecule has 15 heavy (non-hydrogen) atoms. The van der Waals surface area contributed by atoms with Crippen molar-refractivity contribution >= 4 is 0 Å². The zero-order valence-electron chi connectivity index (χ0n) is 8.33. The van der Waals surface area contributed by atoms with E-state index in [0.29, 0.717) is 6.61 Å². The second-order valence-electron chi connectivity index (χ2n) is 3.73. The number of rotatable bonds is 2. The summed E-state index contributed by atoms with van der Waals surface area (Å²) in [5, 5.41) is 10.9. The minimum Gasteiger partial charge on any atom is -0.374 e. The van der Waals surface area contributed by atoms with Crippen LogP contribution in [0, 0.1) is 10.1 Å². The van der Waals surface area contributed by atoms with Crippen LogP contribution in [0.15, 0.2) is 30.3 Å². The highest BCUT2D eigenvalue weighted by Crippen LogP contribution is 2.28. The lowest BCUT2D eigenvalue weighted by Gasteiger charge is -2.25. The first-order valence-corrected chi connectivity index (χ1v) is 5.05. The number of ether oxygens (including phenoxy) is 1. The summed E-state index contributed by atoms with van der Waals surface area (Å²) in [6, 6.07) is 9.06. The van der Waals surface area contributed by atoms with Crippen LogP contribution in [0.25, 0.3) is 0 Å². The van der Waals surface area contributed by atoms with Gasteiger partial charge in [-0.1, -0.05) is 30.3 Å². The molecule has 1 saturated heterocycles. The summed E-state index contributed by atoms with van der Waals surface area (Å²) < 4.78 is 5.15. The third-order valence-corrected chi connectivity index (χ3v) is 2.82. The van der Waals surface area contributed by atoms with Gasteiger partial charge in [-0.2, -0.15) is 0 Å². The zero-order chi connectivity index (χ0) is 10.7. The van der Waals surface area contributed by atoms with E-state index in [1.807, 2.05) is 30.3 Å². The number of benzene rings is 1. The Kier molecular flexibility index (Phi) is 2.97. The molecular formula is C11H13NO3. The Morgan fingerprint density at radius 2 is 2.07 bits per heavy atom. The molecule has 4 heteroatoms. The minimum absolute atomic E-state index is 0.00468. The van der Waals surface area contributed by atoms with Gasteiger partial charge < -0.3 is 4.74 Å². The fourth-order valence-corrected chi connectivity index (χ4v) is 2.02. The first-order chi connectivity index (χ1) is 7.29. The molecule has 0 amide bonds. The first-order valence-electron chi connectivity index (χ1n) is 5.05. The van der Waals surface area contributed by atoms with Crippen molar-refractivity contribution in [3.8, 4) is 0 Å². The van der Waals surface area contributed by atoms with Gasteiger partial charge >= 0.3 is 0 Å². The molecule has 0 bridgehead atoms. The Balaban J connectivity index is 2.22. The van der Waals surface area contributed by atoms with E-state index in [9.17, 15) is 10.1 Å². The third kappa shape index (κ3) is 2.15. The van der Waals surface area contributed by atoms with Gasteiger partial charge in [-0.25, -0.2) is 0 Å². The van der Waals surface area contributed by atoms with E-state index in [2.05, 4.69) is 0 Å². The Labute approximate surface area is 88.0 Å². The highest BCUT2D eigenvalue weighted by atomic mass is 16.6. The monoisotopic (exact) mass is 207 g/mol. The Morgan fingerprint density at radius 1 is 1.33 bits per heavy atom. The molecule has 0 aliphatic carbocycles. The molecule has 1 aromatic rings. The molecule has 0 radical (unpaired) electrons. The molecule has 1 fully saturated rings. The van der Waals surface area contributed by atoms with E-state index in [1.54, 1.807) is 0 Å². The summed E-state index contributed by atoms with van der Waals surface area (Å²) in [5.74, 6) is -0.00468. The third-order valence-electron chi connectivity index (χ3n) is 2.82. The largest absolute Gasteiger partial charge is 0.374 e. The predicted octanol–water partition coefficient (Wildman–Crippen LogP) is 1.84. The lowest BCUT2D eigenvalue weighted by molar-refractivity contribution is -0.534. The lowest BCUT2D eigenvalue weighted by Crippen LogP contribution is -2.37. The minimum atomic E-state index is -0.596. The summed E-state index contributed by atoms with van der Waals surface area (Å²) in [5.41, 5.74) is 1.04. The molecule has 1 aliphatic heterocycles. The van der Waals surface area contributed by atoms with Crippen LogP contribution in [0.1, 0.15) is 17.9 Å². The van der Waals surface area contributed by atoms with E-state index in [4.69, 9.17) is 4.74 Å². The molecule has 1 heterocycles. The van der Waals surface area contributed by atoms with Crippen molar-refractivity contribution in [2.45, 2.75) is 18.4 Å². The van der Waals surface area contributed by atoms with Crippen LogP contribution in [0.4, 0.5) is 0 Å². The summed E-state index contributed by atoms with van der Waals surface area (Å²) in [6.45, 7) is 0.844. The van der Waals surface area contributed by atoms with E-state index < -0.39 is 6.04 Å². The molecule has 0 N–H and O–H groups in total. The van der Waals surface area contributed by atoms with Gasteiger partial charge in [0.1, 0.15) is 6.61 Å². The average Bonchev–Trinajstić information content (AvgIpc) is 2.30. The molecule has 0 unspecified atom stereocenters. The average molecular weight is 207 g/mol. The van der Waals surface area contributed by atoms with Gasteiger partial charge in [0.25, 0.3) is 0 Å². The quantitative estimate of drug-likeness (QED) is 0.549. The van der Waals surface area contributed by atoms with Gasteiger partial charge in [-0.05, 0) is 12.0 Å². The second-order valence-corrected chi connectivity index (χ2v) is 3.73. The van der Waals surface area contributed by atoms with Crippen molar-refractivity contribution in [1.82, 2.24) is 0 Å². The normalized spacial score (nSPS) is 26.1. The molecule has 1 aliphatic rings. The number of nitrogens with zero attached hydrogens (tertiary/aromatic N) is 1. The maximum atomic E-state index is 10.9. The van der Waals surface area contributed by atoms with Crippen molar-refractivity contribution < 1.29 is 9.66 Å². The number of hydrogen-bond donors (Lipinski definition) is 0. The standard InChI is InChI=1S/C11H13NO3/c13-12(14)11-8-15-7-6-10(11)9-4-2-1-3-5-9/h1-5,10-11H,6-8H2/t10-,11+/m1/s1. The van der Waals surface area contributed by atoms with Crippen LogP contribution >= 0.6 is 0 Å². The van der Waals surface area contributed by atoms with Crippen molar-refractivity contribution in [3.63, 3.8) is 0 Å². The van der Waals surface area contributed by atoms with Crippen LogP contribution in [0.2, 0.25) is 0 Å². The lowest BCUT2D eigenvalue weighted by atomic mass is 9.88. The molecule has 0 aromatic heterocycles. The topological polar surface area (TPSA) is 52.4 Å². The Hall–Kier alpha value is -1.42. The summed E-state index contributed by atoms with van der Waals surface area (Å²) in [6.07, 6.45) is 0.732. The summed E-state index contributed by atoms with van der Waals surface area (Å²) in [4.78, 5) is 10.6. The van der Waals surface area contributed by atoms with E-state index >= 15 is 0 Å². The van der Waals surface area contributed by atoms with Crippen molar-refractivity contribution in [2.24, 2.45) is 0 Å².